The number of rotatable bonds is 9. The number of amides is 2. The van der Waals surface area contributed by atoms with Crippen molar-refractivity contribution in [2.75, 3.05) is 13.1 Å². The Morgan fingerprint density at radius 1 is 1.38 bits per heavy atom. The maximum atomic E-state index is 12.5. The van der Waals surface area contributed by atoms with Gasteiger partial charge < -0.3 is 37.2 Å². The number of carboxylic acid groups (broad SMARTS) is 1. The van der Waals surface area contributed by atoms with Gasteiger partial charge in [-0.05, 0) is 32.6 Å². The molecule has 0 aliphatic carbocycles. The zero-order valence-electron chi connectivity index (χ0n) is 14.8. The van der Waals surface area contributed by atoms with E-state index in [-0.39, 0.29) is 12.4 Å². The predicted octanol–water partition coefficient (Wildman–Crippen LogP) is -2.48. The molecule has 11 heteroatoms. The second-order valence-electron chi connectivity index (χ2n) is 6.34. The fourth-order valence-electron chi connectivity index (χ4n) is 2.76. The number of aliphatic hydroxyl groups excluding tert-OH is 1. The molecule has 0 aromatic heterocycles. The van der Waals surface area contributed by atoms with E-state index in [1.807, 2.05) is 0 Å². The van der Waals surface area contributed by atoms with Crippen molar-refractivity contribution < 1.29 is 24.6 Å². The highest BCUT2D eigenvalue weighted by Crippen LogP contribution is 2.19. The zero-order valence-corrected chi connectivity index (χ0v) is 14.8. The number of aliphatic carboxylic acids is 1. The monoisotopic (exact) mass is 372 g/mol. The number of carboxylic acids is 1. The summed E-state index contributed by atoms with van der Waals surface area (Å²) in [5.74, 6) is -2.48. The average Bonchev–Trinajstić information content (AvgIpc) is 3.05. The predicted molar refractivity (Wildman–Crippen MR) is 93.1 cm³/mol. The minimum absolute atomic E-state index is 0.148. The Kier molecular flexibility index (Phi) is 8.26. The molecule has 1 saturated heterocycles. The van der Waals surface area contributed by atoms with Crippen LogP contribution in [0.4, 0.5) is 0 Å². The molecule has 0 bridgehead atoms. The van der Waals surface area contributed by atoms with E-state index in [1.54, 1.807) is 0 Å². The van der Waals surface area contributed by atoms with Crippen LogP contribution in [0.5, 0.6) is 0 Å². The van der Waals surface area contributed by atoms with Crippen molar-refractivity contribution in [3.8, 4) is 0 Å². The topological polar surface area (TPSA) is 195 Å². The first-order chi connectivity index (χ1) is 12.1. The van der Waals surface area contributed by atoms with E-state index >= 15 is 0 Å². The van der Waals surface area contributed by atoms with Gasteiger partial charge in [0.15, 0.2) is 5.96 Å². The maximum Gasteiger partial charge on any atom is 0.326 e. The van der Waals surface area contributed by atoms with E-state index in [2.05, 4.69) is 10.6 Å². The van der Waals surface area contributed by atoms with Crippen molar-refractivity contribution in [2.24, 2.45) is 11.5 Å². The van der Waals surface area contributed by atoms with Gasteiger partial charge in [-0.25, -0.2) is 4.79 Å². The second-order valence-corrected chi connectivity index (χ2v) is 6.34. The SMILES string of the molecule is C[C@@H](O)[C@H](N)C(=O)N1CCC[C@H]1C(=O)N[C@@H](CCCNC(=N)N)C(=O)O. The van der Waals surface area contributed by atoms with Crippen LogP contribution in [-0.2, 0) is 14.4 Å². The third-order valence-corrected chi connectivity index (χ3v) is 4.24. The molecule has 4 atom stereocenters. The zero-order chi connectivity index (χ0) is 19.9. The number of nitrogens with one attached hydrogen (secondary N) is 3. The fourth-order valence-corrected chi connectivity index (χ4v) is 2.76. The van der Waals surface area contributed by atoms with Crippen LogP contribution in [0.25, 0.3) is 0 Å². The molecule has 26 heavy (non-hydrogen) atoms. The maximum absolute atomic E-state index is 12.5. The van der Waals surface area contributed by atoms with E-state index in [0.717, 1.165) is 0 Å². The highest BCUT2D eigenvalue weighted by atomic mass is 16.4. The van der Waals surface area contributed by atoms with Crippen LogP contribution in [0.3, 0.4) is 0 Å². The van der Waals surface area contributed by atoms with E-state index in [4.69, 9.17) is 16.9 Å². The smallest absolute Gasteiger partial charge is 0.326 e. The lowest BCUT2D eigenvalue weighted by atomic mass is 10.1. The average molecular weight is 372 g/mol. The Morgan fingerprint density at radius 3 is 2.58 bits per heavy atom. The first kappa shape index (κ1) is 21.6. The molecular weight excluding hydrogens is 344 g/mol. The molecule has 0 saturated carbocycles. The Balaban J connectivity index is 2.65. The van der Waals surface area contributed by atoms with E-state index in [0.29, 0.717) is 32.4 Å². The van der Waals surface area contributed by atoms with Crippen molar-refractivity contribution in [1.29, 1.82) is 5.41 Å². The van der Waals surface area contributed by atoms with Gasteiger partial charge in [0.25, 0.3) is 0 Å². The van der Waals surface area contributed by atoms with Gasteiger partial charge in [-0.15, -0.1) is 0 Å². The Bertz CT molecular complexity index is 541. The summed E-state index contributed by atoms with van der Waals surface area (Å²) >= 11 is 0. The number of likely N-dealkylation sites (tertiary alicyclic amines) is 1. The van der Waals surface area contributed by atoms with E-state index in [1.165, 1.54) is 11.8 Å². The summed E-state index contributed by atoms with van der Waals surface area (Å²) in [6.45, 7) is 2.03. The molecule has 1 aliphatic rings. The van der Waals surface area contributed by atoms with Crippen LogP contribution < -0.4 is 22.1 Å². The molecule has 11 nitrogen and oxygen atoms in total. The quantitative estimate of drug-likeness (QED) is 0.131. The number of carbonyl (C=O) groups excluding carboxylic acids is 2. The van der Waals surface area contributed by atoms with Gasteiger partial charge in [0.1, 0.15) is 18.1 Å². The molecule has 9 N–H and O–H groups in total. The fraction of sp³-hybridized carbons (Fsp3) is 0.733. The van der Waals surface area contributed by atoms with Gasteiger partial charge in [0, 0.05) is 13.1 Å². The van der Waals surface area contributed by atoms with Gasteiger partial charge in [0.2, 0.25) is 11.8 Å². The Labute approximate surface area is 151 Å². The highest BCUT2D eigenvalue weighted by molar-refractivity contribution is 5.92. The van der Waals surface area contributed by atoms with Crippen LogP contribution in [0.15, 0.2) is 0 Å². The normalized spacial score (nSPS) is 20.1. The molecule has 1 fully saturated rings. The Morgan fingerprint density at radius 2 is 2.04 bits per heavy atom. The number of hydrogen-bond donors (Lipinski definition) is 7. The minimum Gasteiger partial charge on any atom is -0.480 e. The summed E-state index contributed by atoms with van der Waals surface area (Å²) in [5, 5.41) is 30.8. The largest absolute Gasteiger partial charge is 0.480 e. The van der Waals surface area contributed by atoms with Crippen LogP contribution in [-0.4, -0.2) is 76.2 Å². The molecular formula is C15H28N6O5. The first-order valence-corrected chi connectivity index (χ1v) is 8.50. The summed E-state index contributed by atoms with van der Waals surface area (Å²) in [5.41, 5.74) is 10.8. The van der Waals surface area contributed by atoms with Crippen LogP contribution >= 0.6 is 0 Å². The molecule has 1 rings (SSSR count). The molecule has 1 heterocycles. The molecule has 0 unspecified atom stereocenters. The van der Waals surface area contributed by atoms with Gasteiger partial charge >= 0.3 is 5.97 Å². The number of nitrogens with two attached hydrogens (primary N) is 2. The lowest BCUT2D eigenvalue weighted by Crippen LogP contribution is -2.55. The summed E-state index contributed by atoms with van der Waals surface area (Å²) < 4.78 is 0. The molecule has 2 amide bonds. The summed E-state index contributed by atoms with van der Waals surface area (Å²) in [7, 11) is 0. The van der Waals surface area contributed by atoms with Gasteiger partial charge in [-0.2, -0.15) is 0 Å². The Hall–Kier alpha value is -2.40. The summed E-state index contributed by atoms with van der Waals surface area (Å²) in [6, 6.07) is -3.04. The third kappa shape index (κ3) is 6.15. The summed E-state index contributed by atoms with van der Waals surface area (Å²) in [6.07, 6.45) is 0.484. The number of aliphatic hydroxyl groups is 1. The molecule has 0 spiro atoms. The highest BCUT2D eigenvalue weighted by Gasteiger charge is 2.38. The third-order valence-electron chi connectivity index (χ3n) is 4.24. The number of hydrogen-bond acceptors (Lipinski definition) is 6. The molecule has 0 radical (unpaired) electrons. The number of carbonyl (C=O) groups is 3. The molecule has 148 valence electrons. The molecule has 0 aromatic carbocycles. The van der Waals surface area contributed by atoms with Gasteiger partial charge in [-0.1, -0.05) is 0 Å². The van der Waals surface area contributed by atoms with E-state index in [9.17, 15) is 24.6 Å². The molecule has 1 aliphatic heterocycles. The van der Waals surface area contributed by atoms with Crippen LogP contribution in [0.2, 0.25) is 0 Å². The second kappa shape index (κ2) is 9.92. The van der Waals surface area contributed by atoms with Crippen molar-refractivity contribution in [3.05, 3.63) is 0 Å². The van der Waals surface area contributed by atoms with E-state index < -0.39 is 42.0 Å². The van der Waals surface area contributed by atoms with Gasteiger partial charge in [-0.3, -0.25) is 15.0 Å². The summed E-state index contributed by atoms with van der Waals surface area (Å²) in [4.78, 5) is 37.4. The molecule has 0 aromatic rings. The minimum atomic E-state index is -1.18. The first-order valence-electron chi connectivity index (χ1n) is 8.50. The van der Waals surface area contributed by atoms with Gasteiger partial charge in [0.05, 0.1) is 6.10 Å². The van der Waals surface area contributed by atoms with Crippen molar-refractivity contribution >= 4 is 23.7 Å². The van der Waals surface area contributed by atoms with Crippen molar-refractivity contribution in [1.82, 2.24) is 15.5 Å². The van der Waals surface area contributed by atoms with Crippen LogP contribution in [0.1, 0.15) is 32.6 Å². The van der Waals surface area contributed by atoms with Crippen molar-refractivity contribution in [3.63, 3.8) is 0 Å². The standard InChI is InChI=1S/C15H28N6O5/c1-8(22)11(16)13(24)21-7-3-5-10(21)12(23)20-9(14(25)26)4-2-6-19-15(17)18/h8-11,22H,2-7,16H2,1H3,(H,20,23)(H,25,26)(H4,17,18,19)/t8-,9+,10+,11+/m1/s1. The lowest BCUT2D eigenvalue weighted by Gasteiger charge is -2.28. The number of guanidine groups is 1. The van der Waals surface area contributed by atoms with Crippen molar-refractivity contribution in [2.45, 2.75) is 56.8 Å². The lowest BCUT2D eigenvalue weighted by molar-refractivity contribution is -0.144. The van der Waals surface area contributed by atoms with Crippen LogP contribution in [0, 0.1) is 5.41 Å². The number of nitrogens with zero attached hydrogens (tertiary/aromatic N) is 1.